The summed E-state index contributed by atoms with van der Waals surface area (Å²) in [5.41, 5.74) is 2.88. The van der Waals surface area contributed by atoms with Crippen molar-refractivity contribution in [3.63, 3.8) is 0 Å². The van der Waals surface area contributed by atoms with Gasteiger partial charge < -0.3 is 5.32 Å². The zero-order valence-electron chi connectivity index (χ0n) is 13.6. The fourth-order valence-electron chi connectivity index (χ4n) is 2.93. The lowest BCUT2D eigenvalue weighted by atomic mass is 10.1. The van der Waals surface area contributed by atoms with Gasteiger partial charge in [-0.15, -0.1) is 11.8 Å². The van der Waals surface area contributed by atoms with E-state index in [-0.39, 0.29) is 11.2 Å². The van der Waals surface area contributed by atoms with Crippen LogP contribution in [0.5, 0.6) is 0 Å². The summed E-state index contributed by atoms with van der Waals surface area (Å²) < 4.78 is 1.71. The second-order valence-corrected chi connectivity index (χ2v) is 7.65. The summed E-state index contributed by atoms with van der Waals surface area (Å²) in [6, 6.07) is 17.4. The molecule has 0 saturated carbocycles. The molecular formula is C19H16ClN3OS. The number of amides is 1. The average Bonchev–Trinajstić information content (AvgIpc) is 3.18. The molecule has 3 aromatic rings. The maximum Gasteiger partial charge on any atom is 0.239 e. The standard InChI is InChI=1S/C19H16ClN3OS/c1-12-9-18(23(22-12)15-7-4-6-14(20)11-15)21-19(24)17-10-13-5-2-3-8-16(13)25-17/h2-9,11,17H,10H2,1H3,(H,21,24). The number of aryl methyl sites for hydroxylation is 1. The molecule has 1 unspecified atom stereocenters. The average molecular weight is 370 g/mol. The first-order valence-corrected chi connectivity index (χ1v) is 9.24. The molecule has 25 heavy (non-hydrogen) atoms. The van der Waals surface area contributed by atoms with E-state index >= 15 is 0 Å². The SMILES string of the molecule is Cc1cc(NC(=O)C2Cc3ccccc3S2)n(-c2cccc(Cl)c2)n1. The third kappa shape index (κ3) is 3.30. The number of hydrogen-bond donors (Lipinski definition) is 1. The highest BCUT2D eigenvalue weighted by molar-refractivity contribution is 8.01. The molecule has 0 aliphatic carbocycles. The largest absolute Gasteiger partial charge is 0.310 e. The molecule has 1 atom stereocenters. The second-order valence-electron chi connectivity index (χ2n) is 5.97. The van der Waals surface area contributed by atoms with E-state index in [4.69, 9.17) is 11.6 Å². The maximum absolute atomic E-state index is 12.7. The minimum Gasteiger partial charge on any atom is -0.310 e. The number of nitrogens with one attached hydrogen (secondary N) is 1. The zero-order chi connectivity index (χ0) is 17.4. The van der Waals surface area contributed by atoms with E-state index in [1.54, 1.807) is 16.4 Å². The van der Waals surface area contributed by atoms with E-state index in [0.29, 0.717) is 10.8 Å². The molecule has 1 aliphatic rings. The highest BCUT2D eigenvalue weighted by atomic mass is 35.5. The van der Waals surface area contributed by atoms with Gasteiger partial charge in [0.25, 0.3) is 0 Å². The highest BCUT2D eigenvalue weighted by Gasteiger charge is 2.28. The molecule has 0 saturated heterocycles. The smallest absolute Gasteiger partial charge is 0.239 e. The number of halogens is 1. The number of carbonyl (C=O) groups excluding carboxylic acids is 1. The Labute approximate surface area is 155 Å². The van der Waals surface area contributed by atoms with Crippen LogP contribution in [-0.4, -0.2) is 20.9 Å². The number of rotatable bonds is 3. The quantitative estimate of drug-likeness (QED) is 0.739. The number of benzene rings is 2. The van der Waals surface area contributed by atoms with Gasteiger partial charge >= 0.3 is 0 Å². The molecule has 1 aromatic heterocycles. The zero-order valence-corrected chi connectivity index (χ0v) is 15.1. The minimum absolute atomic E-state index is 0.00984. The van der Waals surface area contributed by atoms with Gasteiger partial charge in [0.15, 0.2) is 0 Å². The predicted octanol–water partition coefficient (Wildman–Crippen LogP) is 4.49. The Morgan fingerprint density at radius 2 is 2.08 bits per heavy atom. The van der Waals surface area contributed by atoms with E-state index in [1.807, 2.05) is 49.4 Å². The first kappa shape index (κ1) is 16.2. The minimum atomic E-state index is -0.125. The molecule has 4 rings (SSSR count). The number of nitrogens with zero attached hydrogens (tertiary/aromatic N) is 2. The molecule has 0 radical (unpaired) electrons. The lowest BCUT2D eigenvalue weighted by Gasteiger charge is -2.12. The van der Waals surface area contributed by atoms with Crippen LogP contribution < -0.4 is 5.32 Å². The summed E-state index contributed by atoms with van der Waals surface area (Å²) in [6.45, 7) is 1.90. The molecule has 0 fully saturated rings. The topological polar surface area (TPSA) is 46.9 Å². The fourth-order valence-corrected chi connectivity index (χ4v) is 4.31. The summed E-state index contributed by atoms with van der Waals surface area (Å²) in [7, 11) is 0. The van der Waals surface area contributed by atoms with Crippen LogP contribution in [0.25, 0.3) is 5.69 Å². The molecule has 126 valence electrons. The van der Waals surface area contributed by atoms with Crippen molar-refractivity contribution in [2.24, 2.45) is 0 Å². The third-order valence-corrected chi connectivity index (χ3v) is 5.63. The number of aromatic nitrogens is 2. The molecule has 6 heteroatoms. The summed E-state index contributed by atoms with van der Waals surface area (Å²) >= 11 is 7.69. The summed E-state index contributed by atoms with van der Waals surface area (Å²) in [5.74, 6) is 0.644. The Hall–Kier alpha value is -2.24. The maximum atomic E-state index is 12.7. The predicted molar refractivity (Wildman–Crippen MR) is 102 cm³/mol. The van der Waals surface area contributed by atoms with Gasteiger partial charge in [-0.1, -0.05) is 35.9 Å². The van der Waals surface area contributed by atoms with Crippen molar-refractivity contribution in [1.29, 1.82) is 0 Å². The Balaban J connectivity index is 1.57. The molecule has 4 nitrogen and oxygen atoms in total. The molecule has 2 aromatic carbocycles. The monoisotopic (exact) mass is 369 g/mol. The van der Waals surface area contributed by atoms with Gasteiger partial charge in [-0.2, -0.15) is 5.10 Å². The molecular weight excluding hydrogens is 354 g/mol. The molecule has 1 aliphatic heterocycles. The van der Waals surface area contributed by atoms with Crippen LogP contribution in [0.4, 0.5) is 5.82 Å². The Kier molecular flexibility index (Phi) is 4.27. The first-order chi connectivity index (χ1) is 12.1. The van der Waals surface area contributed by atoms with E-state index in [1.165, 1.54) is 10.5 Å². The van der Waals surface area contributed by atoms with Crippen LogP contribution in [0.1, 0.15) is 11.3 Å². The molecule has 2 heterocycles. The van der Waals surface area contributed by atoms with Crippen molar-refractivity contribution in [1.82, 2.24) is 9.78 Å². The Morgan fingerprint density at radius 1 is 1.24 bits per heavy atom. The number of thioether (sulfide) groups is 1. The van der Waals surface area contributed by atoms with Crippen LogP contribution in [0.15, 0.2) is 59.5 Å². The van der Waals surface area contributed by atoms with Gasteiger partial charge in [-0.3, -0.25) is 4.79 Å². The molecule has 1 N–H and O–H groups in total. The van der Waals surface area contributed by atoms with Crippen molar-refractivity contribution in [3.05, 3.63) is 70.9 Å². The van der Waals surface area contributed by atoms with Crippen LogP contribution in [-0.2, 0) is 11.2 Å². The first-order valence-electron chi connectivity index (χ1n) is 7.98. The Morgan fingerprint density at radius 3 is 2.88 bits per heavy atom. The van der Waals surface area contributed by atoms with Gasteiger partial charge in [0, 0.05) is 16.0 Å². The van der Waals surface area contributed by atoms with Gasteiger partial charge in [0.05, 0.1) is 16.6 Å². The van der Waals surface area contributed by atoms with E-state index in [9.17, 15) is 4.79 Å². The van der Waals surface area contributed by atoms with Crippen molar-refractivity contribution >= 4 is 35.1 Å². The van der Waals surface area contributed by atoms with E-state index < -0.39 is 0 Å². The normalized spacial score (nSPS) is 15.8. The third-order valence-electron chi connectivity index (χ3n) is 4.08. The fraction of sp³-hybridized carbons (Fsp3) is 0.158. The van der Waals surface area contributed by atoms with Crippen molar-refractivity contribution in [2.45, 2.75) is 23.5 Å². The Bertz CT molecular complexity index is 928. The summed E-state index contributed by atoms with van der Waals surface area (Å²) in [6.07, 6.45) is 0.747. The second kappa shape index (κ2) is 6.58. The molecule has 1 amide bonds. The van der Waals surface area contributed by atoms with Crippen molar-refractivity contribution in [2.75, 3.05) is 5.32 Å². The number of fused-ring (bicyclic) bond motifs is 1. The summed E-state index contributed by atoms with van der Waals surface area (Å²) in [5, 5.41) is 8.01. The molecule has 0 spiro atoms. The molecule has 0 bridgehead atoms. The lowest BCUT2D eigenvalue weighted by Crippen LogP contribution is -2.25. The lowest BCUT2D eigenvalue weighted by molar-refractivity contribution is -0.115. The van der Waals surface area contributed by atoms with Gasteiger partial charge in [-0.05, 0) is 43.2 Å². The van der Waals surface area contributed by atoms with Crippen molar-refractivity contribution in [3.8, 4) is 5.69 Å². The number of carbonyl (C=O) groups is 1. The van der Waals surface area contributed by atoms with Crippen LogP contribution >= 0.6 is 23.4 Å². The van der Waals surface area contributed by atoms with Gasteiger partial charge in [-0.25, -0.2) is 4.68 Å². The van der Waals surface area contributed by atoms with Crippen LogP contribution in [0.2, 0.25) is 5.02 Å². The summed E-state index contributed by atoms with van der Waals surface area (Å²) in [4.78, 5) is 13.9. The number of anilines is 1. The van der Waals surface area contributed by atoms with E-state index in [0.717, 1.165) is 17.8 Å². The van der Waals surface area contributed by atoms with Crippen LogP contribution in [0, 0.1) is 6.92 Å². The van der Waals surface area contributed by atoms with Crippen LogP contribution in [0.3, 0.4) is 0 Å². The highest BCUT2D eigenvalue weighted by Crippen LogP contribution is 2.37. The van der Waals surface area contributed by atoms with E-state index in [2.05, 4.69) is 22.5 Å². The van der Waals surface area contributed by atoms with Crippen molar-refractivity contribution < 1.29 is 4.79 Å². The van der Waals surface area contributed by atoms with Gasteiger partial charge in [0.1, 0.15) is 5.82 Å². The number of hydrogen-bond acceptors (Lipinski definition) is 3. The van der Waals surface area contributed by atoms with Gasteiger partial charge in [0.2, 0.25) is 5.91 Å².